The lowest BCUT2D eigenvalue weighted by Gasteiger charge is -2.12. The van der Waals surface area contributed by atoms with E-state index in [1.807, 2.05) is 6.07 Å². The molecule has 1 rings (SSSR count). The highest BCUT2D eigenvalue weighted by Gasteiger charge is 2.33. The Morgan fingerprint density at radius 3 is 2.41 bits per heavy atom. The van der Waals surface area contributed by atoms with Crippen LogP contribution in [0.4, 0.5) is 13.2 Å². The fraction of sp³-hybridized carbons (Fsp3) is 0.333. The molecule has 0 spiro atoms. The number of aliphatic hydroxyl groups is 1. The minimum Gasteiger partial charge on any atom is -0.392 e. The third-order valence-electron chi connectivity index (χ3n) is 2.07. The highest BCUT2D eigenvalue weighted by atomic mass is 19.4. The largest absolute Gasteiger partial charge is 0.414 e. The fourth-order valence-corrected chi connectivity index (χ4v) is 1.22. The summed E-state index contributed by atoms with van der Waals surface area (Å²) in [6.45, 7) is -1.10. The second-order valence-electron chi connectivity index (χ2n) is 3.39. The molecule has 0 aliphatic rings. The fourth-order valence-electron chi connectivity index (χ4n) is 1.22. The van der Waals surface area contributed by atoms with Crippen molar-refractivity contribution in [2.75, 3.05) is 13.2 Å². The molecule has 0 aliphatic heterocycles. The Hall–Kier alpha value is -1.33. The van der Waals surface area contributed by atoms with E-state index < -0.39 is 25.0 Å². The Kier molecular flexibility index (Phi) is 5.18. The minimum absolute atomic E-state index is 0.111. The summed E-state index contributed by atoms with van der Waals surface area (Å²) in [5.74, 6) is 0. The highest BCUT2D eigenvalue weighted by Crippen LogP contribution is 2.25. The molecule has 0 amide bonds. The van der Waals surface area contributed by atoms with Gasteiger partial charge in [0.15, 0.2) is 0 Å². The SMILES string of the molecule is OCC=C(COCc1ccccc1)C(F)(F)F. The first-order valence-electron chi connectivity index (χ1n) is 5.03. The van der Waals surface area contributed by atoms with Crippen LogP contribution in [0.5, 0.6) is 0 Å². The smallest absolute Gasteiger partial charge is 0.392 e. The van der Waals surface area contributed by atoms with E-state index in [9.17, 15) is 13.2 Å². The molecule has 1 N–H and O–H groups in total. The van der Waals surface area contributed by atoms with Gasteiger partial charge in [0.05, 0.1) is 25.4 Å². The van der Waals surface area contributed by atoms with Gasteiger partial charge in [-0.25, -0.2) is 0 Å². The average Bonchev–Trinajstić information content (AvgIpc) is 2.28. The van der Waals surface area contributed by atoms with Crippen LogP contribution in [0, 0.1) is 0 Å². The summed E-state index contributed by atoms with van der Waals surface area (Å²) in [4.78, 5) is 0. The van der Waals surface area contributed by atoms with Gasteiger partial charge in [-0.2, -0.15) is 13.2 Å². The first kappa shape index (κ1) is 13.7. The van der Waals surface area contributed by atoms with Gasteiger partial charge < -0.3 is 9.84 Å². The third kappa shape index (κ3) is 5.01. The first-order valence-corrected chi connectivity index (χ1v) is 5.03. The molecule has 1 aromatic rings. The van der Waals surface area contributed by atoms with Gasteiger partial charge >= 0.3 is 6.18 Å². The van der Waals surface area contributed by atoms with E-state index >= 15 is 0 Å². The van der Waals surface area contributed by atoms with Crippen LogP contribution >= 0.6 is 0 Å². The maximum absolute atomic E-state index is 12.4. The maximum Gasteiger partial charge on any atom is 0.414 e. The van der Waals surface area contributed by atoms with E-state index in [1.165, 1.54) is 0 Å². The van der Waals surface area contributed by atoms with E-state index in [2.05, 4.69) is 0 Å². The Morgan fingerprint density at radius 1 is 1.24 bits per heavy atom. The molecule has 0 unspecified atom stereocenters. The van der Waals surface area contributed by atoms with E-state index in [4.69, 9.17) is 9.84 Å². The zero-order valence-electron chi connectivity index (χ0n) is 9.07. The van der Waals surface area contributed by atoms with Crippen LogP contribution in [0.15, 0.2) is 42.0 Å². The van der Waals surface area contributed by atoms with Crippen molar-refractivity contribution in [1.29, 1.82) is 0 Å². The van der Waals surface area contributed by atoms with Crippen LogP contribution < -0.4 is 0 Å². The van der Waals surface area contributed by atoms with Crippen molar-refractivity contribution in [3.05, 3.63) is 47.5 Å². The molecule has 0 saturated heterocycles. The Balaban J connectivity index is 2.46. The van der Waals surface area contributed by atoms with Gasteiger partial charge in [-0.05, 0) is 11.6 Å². The predicted octanol–water partition coefficient (Wildman–Crippen LogP) is 2.68. The summed E-state index contributed by atoms with van der Waals surface area (Å²) < 4.78 is 42.1. The lowest BCUT2D eigenvalue weighted by atomic mass is 10.2. The Morgan fingerprint density at radius 2 is 1.88 bits per heavy atom. The minimum atomic E-state index is -4.46. The molecule has 0 aliphatic carbocycles. The van der Waals surface area contributed by atoms with E-state index in [0.717, 1.165) is 5.56 Å². The molecule has 0 atom stereocenters. The van der Waals surface area contributed by atoms with Crippen molar-refractivity contribution in [3.8, 4) is 0 Å². The highest BCUT2D eigenvalue weighted by molar-refractivity contribution is 5.14. The van der Waals surface area contributed by atoms with Crippen molar-refractivity contribution in [2.45, 2.75) is 12.8 Å². The van der Waals surface area contributed by atoms with Gasteiger partial charge in [0, 0.05) is 0 Å². The van der Waals surface area contributed by atoms with E-state index in [1.54, 1.807) is 24.3 Å². The quantitative estimate of drug-likeness (QED) is 0.809. The summed E-state index contributed by atoms with van der Waals surface area (Å²) in [5.41, 5.74) is -0.0612. The van der Waals surface area contributed by atoms with Gasteiger partial charge in [0.2, 0.25) is 0 Å². The Bertz CT molecular complexity index is 358. The van der Waals surface area contributed by atoms with Crippen LogP contribution in [0.25, 0.3) is 0 Å². The van der Waals surface area contributed by atoms with Crippen LogP contribution in [0.1, 0.15) is 5.56 Å². The van der Waals surface area contributed by atoms with Crippen molar-refractivity contribution < 1.29 is 23.0 Å². The van der Waals surface area contributed by atoms with Crippen molar-refractivity contribution >= 4 is 0 Å². The first-order chi connectivity index (χ1) is 8.04. The number of halogens is 3. The van der Waals surface area contributed by atoms with Crippen LogP contribution in [-0.2, 0) is 11.3 Å². The van der Waals surface area contributed by atoms with Gasteiger partial charge in [-0.1, -0.05) is 30.3 Å². The van der Waals surface area contributed by atoms with Crippen LogP contribution in [-0.4, -0.2) is 24.5 Å². The molecule has 2 nitrogen and oxygen atoms in total. The Labute approximate surface area is 97.3 Å². The normalized spacial score (nSPS) is 12.8. The van der Waals surface area contributed by atoms with E-state index in [-0.39, 0.29) is 6.61 Å². The summed E-state index contributed by atoms with van der Waals surface area (Å²) in [6.07, 6.45) is -3.75. The molecule has 0 aromatic heterocycles. The van der Waals surface area contributed by atoms with Gasteiger partial charge in [0.25, 0.3) is 0 Å². The molecule has 0 heterocycles. The van der Waals surface area contributed by atoms with Gasteiger partial charge in [0.1, 0.15) is 0 Å². The molecule has 0 saturated carbocycles. The number of ether oxygens (including phenoxy) is 1. The van der Waals surface area contributed by atoms with Gasteiger partial charge in [-0.3, -0.25) is 0 Å². The number of hydrogen-bond donors (Lipinski definition) is 1. The van der Waals surface area contributed by atoms with Gasteiger partial charge in [-0.15, -0.1) is 0 Å². The molecule has 0 bridgehead atoms. The molecule has 5 heteroatoms. The van der Waals surface area contributed by atoms with Crippen LogP contribution in [0.3, 0.4) is 0 Å². The van der Waals surface area contributed by atoms with Crippen LogP contribution in [0.2, 0.25) is 0 Å². The summed E-state index contributed by atoms with van der Waals surface area (Å²) >= 11 is 0. The molecular weight excluding hydrogens is 233 g/mol. The molecule has 17 heavy (non-hydrogen) atoms. The topological polar surface area (TPSA) is 29.5 Å². The third-order valence-corrected chi connectivity index (χ3v) is 2.07. The zero-order valence-corrected chi connectivity index (χ0v) is 9.07. The standard InChI is InChI=1S/C12H13F3O2/c13-12(14,15)11(6-7-16)9-17-8-10-4-2-1-3-5-10/h1-6,16H,7-9H2. The zero-order chi connectivity index (χ0) is 12.7. The second kappa shape index (κ2) is 6.42. The monoisotopic (exact) mass is 246 g/mol. The number of rotatable bonds is 5. The number of aliphatic hydroxyl groups excluding tert-OH is 1. The van der Waals surface area contributed by atoms with Crippen molar-refractivity contribution in [3.63, 3.8) is 0 Å². The second-order valence-corrected chi connectivity index (χ2v) is 3.39. The average molecular weight is 246 g/mol. The lowest BCUT2D eigenvalue weighted by Crippen LogP contribution is -2.17. The number of hydrogen-bond acceptors (Lipinski definition) is 2. The molecule has 0 fully saturated rings. The summed E-state index contributed by atoms with van der Waals surface area (Å²) in [5, 5.41) is 8.48. The lowest BCUT2D eigenvalue weighted by molar-refractivity contribution is -0.102. The van der Waals surface area contributed by atoms with E-state index in [0.29, 0.717) is 6.08 Å². The number of benzene rings is 1. The summed E-state index contributed by atoms with van der Waals surface area (Å²) in [7, 11) is 0. The predicted molar refractivity (Wildman–Crippen MR) is 57.3 cm³/mol. The molecular formula is C12H13F3O2. The molecule has 1 aromatic carbocycles. The summed E-state index contributed by atoms with van der Waals surface area (Å²) in [6, 6.07) is 8.92. The van der Waals surface area contributed by atoms with Crippen molar-refractivity contribution in [2.24, 2.45) is 0 Å². The number of alkyl halides is 3. The maximum atomic E-state index is 12.4. The molecule has 0 radical (unpaired) electrons. The van der Waals surface area contributed by atoms with Crippen molar-refractivity contribution in [1.82, 2.24) is 0 Å². The molecule has 94 valence electrons.